The maximum absolute atomic E-state index is 11.2. The van der Waals surface area contributed by atoms with Gasteiger partial charge in [-0.3, -0.25) is 4.79 Å². The molecule has 1 aliphatic heterocycles. The Hall–Kier alpha value is -0.880. The van der Waals surface area contributed by atoms with Crippen molar-refractivity contribution < 1.29 is 4.74 Å². The average Bonchev–Trinajstić information content (AvgIpc) is 2.66. The van der Waals surface area contributed by atoms with E-state index in [1.807, 2.05) is 0 Å². The van der Waals surface area contributed by atoms with Crippen molar-refractivity contribution in [2.75, 3.05) is 18.5 Å². The number of anilines is 1. The number of ether oxygens (including phenoxy) is 1. The Bertz CT molecular complexity index is 373. The first kappa shape index (κ1) is 9.67. The van der Waals surface area contributed by atoms with E-state index < -0.39 is 0 Å². The zero-order valence-electron chi connectivity index (χ0n) is 7.42. The van der Waals surface area contributed by atoms with Crippen LogP contribution in [0.15, 0.2) is 15.5 Å². The van der Waals surface area contributed by atoms with E-state index in [1.54, 1.807) is 6.20 Å². The highest BCUT2D eigenvalue weighted by molar-refractivity contribution is 9.10. The molecule has 1 aliphatic rings. The Morgan fingerprint density at radius 1 is 1.71 bits per heavy atom. The molecular weight excluding hydrogens is 250 g/mol. The predicted octanol–water partition coefficient (Wildman–Crippen LogP) is 0.733. The van der Waals surface area contributed by atoms with Gasteiger partial charge in [0.25, 0.3) is 5.56 Å². The van der Waals surface area contributed by atoms with Gasteiger partial charge in [0, 0.05) is 6.61 Å². The summed E-state index contributed by atoms with van der Waals surface area (Å²) < 4.78 is 5.70. The standard InChI is InChI=1S/C8H10BrN3O2/c9-7-6(3-10-12-8(7)13)11-5-1-2-14-4-5/h3,5H,1-2,4H2,(H2,11,12,13). The molecule has 1 aromatic rings. The maximum Gasteiger partial charge on any atom is 0.280 e. The Labute approximate surface area is 89.0 Å². The van der Waals surface area contributed by atoms with Crippen LogP contribution in [-0.4, -0.2) is 29.5 Å². The summed E-state index contributed by atoms with van der Waals surface area (Å²) in [6.07, 6.45) is 2.54. The van der Waals surface area contributed by atoms with E-state index in [-0.39, 0.29) is 11.6 Å². The third-order valence-corrected chi connectivity index (χ3v) is 2.87. The molecule has 0 aromatic carbocycles. The Morgan fingerprint density at radius 3 is 3.29 bits per heavy atom. The molecular formula is C8H10BrN3O2. The summed E-state index contributed by atoms with van der Waals surface area (Å²) in [4.78, 5) is 11.2. The third-order valence-electron chi connectivity index (χ3n) is 2.08. The minimum atomic E-state index is -0.228. The minimum absolute atomic E-state index is 0.228. The van der Waals surface area contributed by atoms with Crippen LogP contribution in [0.4, 0.5) is 5.69 Å². The first-order valence-electron chi connectivity index (χ1n) is 4.35. The van der Waals surface area contributed by atoms with Crippen molar-refractivity contribution in [1.82, 2.24) is 10.2 Å². The summed E-state index contributed by atoms with van der Waals surface area (Å²) in [7, 11) is 0. The number of halogens is 1. The zero-order valence-corrected chi connectivity index (χ0v) is 9.00. The predicted molar refractivity (Wildman–Crippen MR) is 55.4 cm³/mol. The quantitative estimate of drug-likeness (QED) is 0.822. The molecule has 0 saturated carbocycles. The lowest BCUT2D eigenvalue weighted by Crippen LogP contribution is -2.21. The lowest BCUT2D eigenvalue weighted by atomic mass is 10.2. The van der Waals surface area contributed by atoms with Crippen LogP contribution in [0.25, 0.3) is 0 Å². The van der Waals surface area contributed by atoms with Crippen molar-refractivity contribution in [2.45, 2.75) is 12.5 Å². The van der Waals surface area contributed by atoms with E-state index in [0.29, 0.717) is 16.8 Å². The molecule has 1 unspecified atom stereocenters. The second-order valence-corrected chi connectivity index (χ2v) is 3.92. The van der Waals surface area contributed by atoms with Gasteiger partial charge in [-0.1, -0.05) is 0 Å². The molecule has 2 N–H and O–H groups in total. The number of H-pyrrole nitrogens is 1. The topological polar surface area (TPSA) is 67.0 Å². The van der Waals surface area contributed by atoms with Gasteiger partial charge >= 0.3 is 0 Å². The molecule has 0 aliphatic carbocycles. The van der Waals surface area contributed by atoms with Crippen LogP contribution in [0.2, 0.25) is 0 Å². The lowest BCUT2D eigenvalue weighted by Gasteiger charge is -2.12. The molecule has 1 atom stereocenters. The van der Waals surface area contributed by atoms with Gasteiger partial charge in [0.2, 0.25) is 0 Å². The van der Waals surface area contributed by atoms with E-state index in [4.69, 9.17) is 4.74 Å². The van der Waals surface area contributed by atoms with Gasteiger partial charge in [-0.15, -0.1) is 0 Å². The highest BCUT2D eigenvalue weighted by Crippen LogP contribution is 2.18. The normalized spacial score (nSPS) is 21.1. The van der Waals surface area contributed by atoms with Gasteiger partial charge in [-0.25, -0.2) is 5.10 Å². The number of aromatic nitrogens is 2. The summed E-state index contributed by atoms with van der Waals surface area (Å²) >= 11 is 3.20. The summed E-state index contributed by atoms with van der Waals surface area (Å²) in [5.41, 5.74) is 0.484. The van der Waals surface area contributed by atoms with E-state index >= 15 is 0 Å². The van der Waals surface area contributed by atoms with Gasteiger partial charge in [-0.05, 0) is 22.4 Å². The Balaban J connectivity index is 2.15. The van der Waals surface area contributed by atoms with Crippen LogP contribution in [-0.2, 0) is 4.74 Å². The van der Waals surface area contributed by atoms with Gasteiger partial charge in [0.1, 0.15) is 4.47 Å². The molecule has 1 saturated heterocycles. The molecule has 0 radical (unpaired) electrons. The zero-order chi connectivity index (χ0) is 9.97. The van der Waals surface area contributed by atoms with Crippen LogP contribution in [0, 0.1) is 0 Å². The summed E-state index contributed by atoms with van der Waals surface area (Å²) in [6, 6.07) is 0.273. The molecule has 2 heterocycles. The number of aromatic amines is 1. The molecule has 76 valence electrons. The Morgan fingerprint density at radius 2 is 2.57 bits per heavy atom. The van der Waals surface area contributed by atoms with Crippen LogP contribution in [0.5, 0.6) is 0 Å². The SMILES string of the molecule is O=c1[nH]ncc(NC2CCOC2)c1Br. The first-order chi connectivity index (χ1) is 6.77. The molecule has 6 heteroatoms. The largest absolute Gasteiger partial charge is 0.379 e. The second kappa shape index (κ2) is 4.10. The second-order valence-electron chi connectivity index (χ2n) is 3.13. The van der Waals surface area contributed by atoms with Gasteiger partial charge in [-0.2, -0.15) is 5.10 Å². The van der Waals surface area contributed by atoms with Crippen LogP contribution in [0.3, 0.4) is 0 Å². The van der Waals surface area contributed by atoms with Crippen molar-refractivity contribution in [3.05, 3.63) is 21.0 Å². The van der Waals surface area contributed by atoms with E-state index in [1.165, 1.54) is 0 Å². The number of rotatable bonds is 2. The molecule has 1 fully saturated rings. The molecule has 0 bridgehead atoms. The summed E-state index contributed by atoms with van der Waals surface area (Å²) in [5, 5.41) is 9.25. The highest BCUT2D eigenvalue weighted by Gasteiger charge is 2.16. The smallest absolute Gasteiger partial charge is 0.280 e. The Kier molecular flexibility index (Phi) is 2.83. The van der Waals surface area contributed by atoms with Crippen molar-refractivity contribution in [3.63, 3.8) is 0 Å². The van der Waals surface area contributed by atoms with Gasteiger partial charge in [0.15, 0.2) is 0 Å². The molecule has 1 aromatic heterocycles. The fourth-order valence-electron chi connectivity index (χ4n) is 1.35. The summed E-state index contributed by atoms with van der Waals surface area (Å²) in [6.45, 7) is 1.45. The van der Waals surface area contributed by atoms with E-state index in [2.05, 4.69) is 31.4 Å². The molecule has 0 amide bonds. The first-order valence-corrected chi connectivity index (χ1v) is 5.14. The van der Waals surface area contributed by atoms with Crippen molar-refractivity contribution >= 4 is 21.6 Å². The van der Waals surface area contributed by atoms with Crippen molar-refractivity contribution in [2.24, 2.45) is 0 Å². The molecule has 0 spiro atoms. The molecule has 14 heavy (non-hydrogen) atoms. The third kappa shape index (κ3) is 1.96. The maximum atomic E-state index is 11.2. The van der Waals surface area contributed by atoms with Crippen LogP contribution < -0.4 is 10.9 Å². The number of nitrogens with one attached hydrogen (secondary N) is 2. The fraction of sp³-hybridized carbons (Fsp3) is 0.500. The molecule has 2 rings (SSSR count). The van der Waals surface area contributed by atoms with Gasteiger partial charge < -0.3 is 10.1 Å². The summed E-state index contributed by atoms with van der Waals surface area (Å²) in [5.74, 6) is 0. The minimum Gasteiger partial charge on any atom is -0.379 e. The van der Waals surface area contributed by atoms with E-state index in [0.717, 1.165) is 13.0 Å². The average molecular weight is 260 g/mol. The van der Waals surface area contributed by atoms with Crippen LogP contribution >= 0.6 is 15.9 Å². The number of hydrogen-bond donors (Lipinski definition) is 2. The van der Waals surface area contributed by atoms with E-state index in [9.17, 15) is 4.79 Å². The van der Waals surface area contributed by atoms with Crippen molar-refractivity contribution in [3.8, 4) is 0 Å². The number of hydrogen-bond acceptors (Lipinski definition) is 4. The lowest BCUT2D eigenvalue weighted by molar-refractivity contribution is 0.195. The van der Waals surface area contributed by atoms with Crippen molar-refractivity contribution in [1.29, 1.82) is 0 Å². The monoisotopic (exact) mass is 259 g/mol. The molecule has 5 nitrogen and oxygen atoms in total. The fourth-order valence-corrected chi connectivity index (χ4v) is 1.66. The van der Waals surface area contributed by atoms with Gasteiger partial charge in [0.05, 0.1) is 24.5 Å². The van der Waals surface area contributed by atoms with Crippen LogP contribution in [0.1, 0.15) is 6.42 Å². The highest BCUT2D eigenvalue weighted by atomic mass is 79.9. The number of nitrogens with zero attached hydrogens (tertiary/aromatic N) is 1.